The summed E-state index contributed by atoms with van der Waals surface area (Å²) in [6.45, 7) is 7.67. The van der Waals surface area contributed by atoms with Crippen molar-refractivity contribution < 1.29 is 0 Å². The quantitative estimate of drug-likeness (QED) is 0.756. The molecule has 0 bridgehead atoms. The monoisotopic (exact) mass is 239 g/mol. The van der Waals surface area contributed by atoms with Gasteiger partial charge >= 0.3 is 0 Å². The van der Waals surface area contributed by atoms with Crippen LogP contribution in [0.1, 0.15) is 19.4 Å². The minimum absolute atomic E-state index is 1.04. The molecule has 18 heavy (non-hydrogen) atoms. The number of nitrogens with zero attached hydrogens (tertiary/aromatic N) is 1. The van der Waals surface area contributed by atoms with Crippen LogP contribution in [0.5, 0.6) is 0 Å². The van der Waals surface area contributed by atoms with E-state index in [2.05, 4.69) is 73.3 Å². The SMILES string of the molecule is CCN(CC)Cc1cccc(-c2ccccc2)c1. The second-order valence-electron chi connectivity index (χ2n) is 4.53. The maximum absolute atomic E-state index is 2.43. The fourth-order valence-electron chi connectivity index (χ4n) is 2.19. The lowest BCUT2D eigenvalue weighted by Crippen LogP contribution is -2.22. The van der Waals surface area contributed by atoms with E-state index < -0.39 is 0 Å². The third-order valence-corrected chi connectivity index (χ3v) is 3.33. The van der Waals surface area contributed by atoms with Gasteiger partial charge in [-0.2, -0.15) is 0 Å². The van der Waals surface area contributed by atoms with Gasteiger partial charge < -0.3 is 0 Å². The molecule has 0 atom stereocenters. The van der Waals surface area contributed by atoms with Crippen LogP contribution in [-0.4, -0.2) is 18.0 Å². The highest BCUT2D eigenvalue weighted by Crippen LogP contribution is 2.20. The molecule has 0 aliphatic carbocycles. The molecule has 94 valence electrons. The van der Waals surface area contributed by atoms with E-state index in [0.717, 1.165) is 19.6 Å². The molecule has 2 rings (SSSR count). The van der Waals surface area contributed by atoms with E-state index in [1.165, 1.54) is 16.7 Å². The zero-order chi connectivity index (χ0) is 12.8. The molecule has 1 heteroatoms. The van der Waals surface area contributed by atoms with Crippen LogP contribution in [0.3, 0.4) is 0 Å². The highest BCUT2D eigenvalue weighted by atomic mass is 15.1. The lowest BCUT2D eigenvalue weighted by atomic mass is 10.0. The van der Waals surface area contributed by atoms with Crippen molar-refractivity contribution in [3.63, 3.8) is 0 Å². The van der Waals surface area contributed by atoms with E-state index in [9.17, 15) is 0 Å². The number of hydrogen-bond donors (Lipinski definition) is 0. The highest BCUT2D eigenvalue weighted by Gasteiger charge is 2.02. The van der Waals surface area contributed by atoms with Gasteiger partial charge in [-0.3, -0.25) is 4.90 Å². The second-order valence-corrected chi connectivity index (χ2v) is 4.53. The zero-order valence-electron chi connectivity index (χ0n) is 11.3. The standard InChI is InChI=1S/C17H21N/c1-3-18(4-2)14-15-9-8-12-17(13-15)16-10-6-5-7-11-16/h5-13H,3-4,14H2,1-2H3. The lowest BCUT2D eigenvalue weighted by Gasteiger charge is -2.18. The minimum Gasteiger partial charge on any atom is -0.300 e. The zero-order valence-corrected chi connectivity index (χ0v) is 11.3. The highest BCUT2D eigenvalue weighted by molar-refractivity contribution is 5.63. The Balaban J connectivity index is 2.20. The predicted octanol–water partition coefficient (Wildman–Crippen LogP) is 4.20. The molecule has 0 N–H and O–H groups in total. The molecule has 2 aromatic carbocycles. The van der Waals surface area contributed by atoms with Crippen molar-refractivity contribution in [2.24, 2.45) is 0 Å². The average Bonchev–Trinajstić information content (AvgIpc) is 2.46. The van der Waals surface area contributed by atoms with Gasteiger partial charge in [0, 0.05) is 6.54 Å². The second kappa shape index (κ2) is 6.36. The summed E-state index contributed by atoms with van der Waals surface area (Å²) in [5.74, 6) is 0. The smallest absolute Gasteiger partial charge is 0.0233 e. The Morgan fingerprint density at radius 1 is 0.778 bits per heavy atom. The van der Waals surface area contributed by atoms with Gasteiger partial charge in [-0.05, 0) is 35.8 Å². The molecule has 0 aliphatic rings. The third kappa shape index (κ3) is 3.21. The molecule has 1 nitrogen and oxygen atoms in total. The van der Waals surface area contributed by atoms with Gasteiger partial charge in [-0.1, -0.05) is 62.4 Å². The molecule has 0 saturated carbocycles. The Hall–Kier alpha value is -1.60. The number of rotatable bonds is 5. The van der Waals surface area contributed by atoms with Crippen LogP contribution in [0.25, 0.3) is 11.1 Å². The van der Waals surface area contributed by atoms with Crippen LogP contribution in [-0.2, 0) is 6.54 Å². The van der Waals surface area contributed by atoms with Gasteiger partial charge in [0.2, 0.25) is 0 Å². The van der Waals surface area contributed by atoms with E-state index in [0.29, 0.717) is 0 Å². The summed E-state index contributed by atoms with van der Waals surface area (Å²) in [5, 5.41) is 0. The Bertz CT molecular complexity index is 472. The molecule has 0 saturated heterocycles. The Morgan fingerprint density at radius 3 is 2.11 bits per heavy atom. The van der Waals surface area contributed by atoms with Gasteiger partial charge in [0.25, 0.3) is 0 Å². The fourth-order valence-corrected chi connectivity index (χ4v) is 2.19. The first-order valence-corrected chi connectivity index (χ1v) is 6.70. The van der Waals surface area contributed by atoms with Crippen molar-refractivity contribution in [2.75, 3.05) is 13.1 Å². The van der Waals surface area contributed by atoms with Gasteiger partial charge in [0.05, 0.1) is 0 Å². The van der Waals surface area contributed by atoms with Gasteiger partial charge in [0.15, 0.2) is 0 Å². The Morgan fingerprint density at radius 2 is 1.44 bits per heavy atom. The lowest BCUT2D eigenvalue weighted by molar-refractivity contribution is 0.296. The minimum atomic E-state index is 1.04. The maximum atomic E-state index is 2.43. The summed E-state index contributed by atoms with van der Waals surface area (Å²) in [6.07, 6.45) is 0. The van der Waals surface area contributed by atoms with Crippen LogP contribution < -0.4 is 0 Å². The van der Waals surface area contributed by atoms with Crippen LogP contribution in [0.2, 0.25) is 0 Å². The van der Waals surface area contributed by atoms with Gasteiger partial charge in [0.1, 0.15) is 0 Å². The summed E-state index contributed by atoms with van der Waals surface area (Å²) in [6, 6.07) is 19.4. The summed E-state index contributed by atoms with van der Waals surface area (Å²) in [4.78, 5) is 2.43. The number of hydrogen-bond acceptors (Lipinski definition) is 1. The molecule has 0 radical (unpaired) electrons. The first-order chi connectivity index (χ1) is 8.83. The van der Waals surface area contributed by atoms with E-state index in [1.54, 1.807) is 0 Å². The van der Waals surface area contributed by atoms with E-state index in [1.807, 2.05) is 0 Å². The maximum Gasteiger partial charge on any atom is 0.0233 e. The van der Waals surface area contributed by atoms with Crippen LogP contribution in [0.15, 0.2) is 54.6 Å². The van der Waals surface area contributed by atoms with E-state index in [4.69, 9.17) is 0 Å². The van der Waals surface area contributed by atoms with Gasteiger partial charge in [-0.25, -0.2) is 0 Å². The molecule has 0 spiro atoms. The van der Waals surface area contributed by atoms with Crippen molar-refractivity contribution in [3.05, 3.63) is 60.2 Å². The van der Waals surface area contributed by atoms with Gasteiger partial charge in [-0.15, -0.1) is 0 Å². The van der Waals surface area contributed by atoms with Crippen molar-refractivity contribution in [1.29, 1.82) is 0 Å². The molecule has 0 aliphatic heterocycles. The van der Waals surface area contributed by atoms with Crippen LogP contribution in [0.4, 0.5) is 0 Å². The van der Waals surface area contributed by atoms with Crippen molar-refractivity contribution in [3.8, 4) is 11.1 Å². The first kappa shape index (κ1) is 12.8. The first-order valence-electron chi connectivity index (χ1n) is 6.70. The van der Waals surface area contributed by atoms with E-state index >= 15 is 0 Å². The van der Waals surface area contributed by atoms with Crippen LogP contribution in [0, 0.1) is 0 Å². The van der Waals surface area contributed by atoms with Crippen molar-refractivity contribution in [2.45, 2.75) is 20.4 Å². The third-order valence-electron chi connectivity index (χ3n) is 3.33. The predicted molar refractivity (Wildman–Crippen MR) is 78.5 cm³/mol. The summed E-state index contributed by atoms with van der Waals surface area (Å²) in [5.41, 5.74) is 3.99. The van der Waals surface area contributed by atoms with Crippen molar-refractivity contribution >= 4 is 0 Å². The molecular formula is C17H21N. The molecule has 0 fully saturated rings. The topological polar surface area (TPSA) is 3.24 Å². The van der Waals surface area contributed by atoms with E-state index in [-0.39, 0.29) is 0 Å². The summed E-state index contributed by atoms with van der Waals surface area (Å²) in [7, 11) is 0. The summed E-state index contributed by atoms with van der Waals surface area (Å²) < 4.78 is 0. The van der Waals surface area contributed by atoms with Crippen molar-refractivity contribution in [1.82, 2.24) is 4.90 Å². The molecule has 2 aromatic rings. The largest absolute Gasteiger partial charge is 0.300 e. The number of benzene rings is 2. The Labute approximate surface area is 110 Å². The molecule has 0 amide bonds. The fraction of sp³-hybridized carbons (Fsp3) is 0.294. The molecule has 0 unspecified atom stereocenters. The molecular weight excluding hydrogens is 218 g/mol. The Kier molecular flexibility index (Phi) is 4.54. The molecule has 0 heterocycles. The normalized spacial score (nSPS) is 10.8. The molecule has 0 aromatic heterocycles. The van der Waals surface area contributed by atoms with Crippen LogP contribution >= 0.6 is 0 Å². The average molecular weight is 239 g/mol. The summed E-state index contributed by atoms with van der Waals surface area (Å²) >= 11 is 0.